The molecule has 0 fully saturated rings. The molecule has 2 aromatic heterocycles. The number of benzene rings is 2. The van der Waals surface area contributed by atoms with Gasteiger partial charge in [-0.1, -0.05) is 17.7 Å². The van der Waals surface area contributed by atoms with Crippen LogP contribution in [0.15, 0.2) is 54.6 Å². The Morgan fingerprint density at radius 3 is 2.28 bits per heavy atom. The largest absolute Gasteiger partial charge is 0.339 e. The Morgan fingerprint density at radius 2 is 1.69 bits per heavy atom. The predicted octanol–water partition coefficient (Wildman–Crippen LogP) is 5.38. The van der Waals surface area contributed by atoms with Gasteiger partial charge in [-0.3, -0.25) is 4.79 Å². The second-order valence-corrected chi connectivity index (χ2v) is 7.64. The summed E-state index contributed by atoms with van der Waals surface area (Å²) in [7, 11) is 0. The molecule has 7 nitrogen and oxygen atoms in total. The molecule has 0 aliphatic heterocycles. The maximum Gasteiger partial charge on any atom is 0.260 e. The smallest absolute Gasteiger partial charge is 0.260 e. The molecule has 9 heteroatoms. The molecule has 0 atom stereocenters. The number of anilines is 3. The van der Waals surface area contributed by atoms with Gasteiger partial charge < -0.3 is 10.6 Å². The fourth-order valence-corrected chi connectivity index (χ4v) is 3.39. The van der Waals surface area contributed by atoms with E-state index in [1.807, 2.05) is 32.9 Å². The van der Waals surface area contributed by atoms with Crippen LogP contribution in [0.2, 0.25) is 5.02 Å². The number of nitrogens with zero attached hydrogens (tertiary/aromatic N) is 4. The molecule has 32 heavy (non-hydrogen) atoms. The van der Waals surface area contributed by atoms with Crippen molar-refractivity contribution in [2.75, 3.05) is 10.6 Å². The number of amides is 1. The number of rotatable bonds is 5. The van der Waals surface area contributed by atoms with Crippen LogP contribution < -0.4 is 10.6 Å². The van der Waals surface area contributed by atoms with Gasteiger partial charge in [-0.2, -0.15) is 5.10 Å². The molecule has 0 aliphatic carbocycles. The number of aromatic nitrogens is 4. The minimum atomic E-state index is -0.675. The maximum atomic E-state index is 13.9. The zero-order valence-electron chi connectivity index (χ0n) is 17.6. The van der Waals surface area contributed by atoms with Crippen LogP contribution >= 0.6 is 11.6 Å². The lowest BCUT2D eigenvalue weighted by Crippen LogP contribution is -2.14. The van der Waals surface area contributed by atoms with Gasteiger partial charge in [0.25, 0.3) is 5.91 Å². The van der Waals surface area contributed by atoms with Crippen molar-refractivity contribution in [3.05, 3.63) is 88.0 Å². The highest BCUT2D eigenvalue weighted by Crippen LogP contribution is 2.22. The van der Waals surface area contributed by atoms with Gasteiger partial charge in [-0.25, -0.2) is 9.07 Å². The average Bonchev–Trinajstić information content (AvgIpc) is 3.03. The van der Waals surface area contributed by atoms with Gasteiger partial charge in [0.1, 0.15) is 5.82 Å². The third-order valence-electron chi connectivity index (χ3n) is 5.13. The van der Waals surface area contributed by atoms with Crippen LogP contribution in [-0.4, -0.2) is 25.9 Å². The molecule has 0 aliphatic rings. The Labute approximate surface area is 189 Å². The standard InChI is InChI=1S/C23H20ClFN6O/c1-13-14(2)30-31(15(13)3)21-12-11-20(28-29-21)26-16-7-9-17(10-8-16)27-23(32)22-18(24)5-4-6-19(22)25/h4-12H,1-3H3,(H,26,28)(H,27,32). The zero-order chi connectivity index (χ0) is 22.8. The first-order valence-corrected chi connectivity index (χ1v) is 10.2. The summed E-state index contributed by atoms with van der Waals surface area (Å²) in [6.45, 7) is 5.97. The van der Waals surface area contributed by atoms with Gasteiger partial charge in [0, 0.05) is 17.1 Å². The molecule has 2 aromatic carbocycles. The normalized spacial score (nSPS) is 10.8. The highest BCUT2D eigenvalue weighted by molar-refractivity contribution is 6.34. The quantitative estimate of drug-likeness (QED) is 0.426. The number of nitrogens with one attached hydrogen (secondary N) is 2. The summed E-state index contributed by atoms with van der Waals surface area (Å²) in [5, 5.41) is 18.8. The predicted molar refractivity (Wildman–Crippen MR) is 122 cm³/mol. The van der Waals surface area contributed by atoms with Crippen molar-refractivity contribution < 1.29 is 9.18 Å². The molecule has 4 aromatic rings. The molecule has 1 amide bonds. The molecule has 0 saturated heterocycles. The van der Waals surface area contributed by atoms with E-state index >= 15 is 0 Å². The van der Waals surface area contributed by atoms with Gasteiger partial charge in [-0.05, 0) is 74.9 Å². The third kappa shape index (κ3) is 4.31. The molecule has 2 N–H and O–H groups in total. The fraction of sp³-hybridized carbons (Fsp3) is 0.130. The van der Waals surface area contributed by atoms with Gasteiger partial charge in [-0.15, -0.1) is 10.2 Å². The molecule has 4 rings (SSSR count). The summed E-state index contributed by atoms with van der Waals surface area (Å²) >= 11 is 5.94. The van der Waals surface area contributed by atoms with E-state index in [1.165, 1.54) is 18.2 Å². The Kier molecular flexibility index (Phi) is 5.87. The summed E-state index contributed by atoms with van der Waals surface area (Å²) in [4.78, 5) is 12.4. The Morgan fingerprint density at radius 1 is 0.969 bits per heavy atom. The van der Waals surface area contributed by atoms with Crippen molar-refractivity contribution in [3.63, 3.8) is 0 Å². The summed E-state index contributed by atoms with van der Waals surface area (Å²) in [5.41, 5.74) is 4.16. The molecule has 162 valence electrons. The minimum absolute atomic E-state index is 0.0541. The molecule has 0 bridgehead atoms. The summed E-state index contributed by atoms with van der Waals surface area (Å²) in [5.74, 6) is -0.100. The first kappa shape index (κ1) is 21.5. The van der Waals surface area contributed by atoms with Crippen molar-refractivity contribution in [1.29, 1.82) is 0 Å². The topological polar surface area (TPSA) is 84.7 Å². The van der Waals surface area contributed by atoms with E-state index in [4.69, 9.17) is 11.6 Å². The zero-order valence-corrected chi connectivity index (χ0v) is 18.4. The van der Waals surface area contributed by atoms with Crippen LogP contribution in [0.5, 0.6) is 0 Å². The van der Waals surface area contributed by atoms with Crippen molar-refractivity contribution in [3.8, 4) is 5.82 Å². The lowest BCUT2D eigenvalue weighted by Gasteiger charge is -2.10. The highest BCUT2D eigenvalue weighted by atomic mass is 35.5. The average molecular weight is 451 g/mol. The van der Waals surface area contributed by atoms with Crippen molar-refractivity contribution in [2.45, 2.75) is 20.8 Å². The van der Waals surface area contributed by atoms with E-state index in [0.29, 0.717) is 17.3 Å². The number of carbonyl (C=O) groups excluding carboxylic acids is 1. The number of aryl methyl sites for hydroxylation is 1. The molecule has 2 heterocycles. The monoisotopic (exact) mass is 450 g/mol. The molecule has 0 saturated carbocycles. The summed E-state index contributed by atoms with van der Waals surface area (Å²) < 4.78 is 15.7. The van der Waals surface area contributed by atoms with E-state index in [2.05, 4.69) is 25.9 Å². The van der Waals surface area contributed by atoms with Crippen molar-refractivity contribution >= 4 is 34.7 Å². The minimum Gasteiger partial charge on any atom is -0.339 e. The number of halogens is 2. The Balaban J connectivity index is 1.43. The van der Waals surface area contributed by atoms with Crippen LogP contribution in [0.4, 0.5) is 21.6 Å². The fourth-order valence-electron chi connectivity index (χ4n) is 3.14. The number of carbonyl (C=O) groups is 1. The Hall–Kier alpha value is -3.78. The lowest BCUT2D eigenvalue weighted by molar-refractivity contribution is 0.102. The van der Waals surface area contributed by atoms with E-state index in [-0.39, 0.29) is 10.6 Å². The Bertz CT molecular complexity index is 1270. The van der Waals surface area contributed by atoms with Crippen LogP contribution in [0.1, 0.15) is 27.3 Å². The molecular formula is C23H20ClFN6O. The van der Waals surface area contributed by atoms with Crippen molar-refractivity contribution in [1.82, 2.24) is 20.0 Å². The summed E-state index contributed by atoms with van der Waals surface area (Å²) in [6.07, 6.45) is 0. The van der Waals surface area contributed by atoms with Gasteiger partial charge in [0.2, 0.25) is 0 Å². The van der Waals surface area contributed by atoms with E-state index in [1.54, 1.807) is 28.9 Å². The van der Waals surface area contributed by atoms with Crippen LogP contribution in [0.3, 0.4) is 0 Å². The molecule has 0 spiro atoms. The van der Waals surface area contributed by atoms with Gasteiger partial charge >= 0.3 is 0 Å². The third-order valence-corrected chi connectivity index (χ3v) is 5.44. The first-order chi connectivity index (χ1) is 15.3. The van der Waals surface area contributed by atoms with E-state index < -0.39 is 11.7 Å². The molecule has 0 unspecified atom stereocenters. The second kappa shape index (κ2) is 8.76. The molecule has 0 radical (unpaired) electrons. The number of hydrogen-bond donors (Lipinski definition) is 2. The summed E-state index contributed by atoms with van der Waals surface area (Å²) in [6, 6.07) is 14.7. The van der Waals surface area contributed by atoms with Crippen LogP contribution in [0, 0.1) is 26.6 Å². The maximum absolute atomic E-state index is 13.9. The van der Waals surface area contributed by atoms with Crippen LogP contribution in [0.25, 0.3) is 5.82 Å². The molecular weight excluding hydrogens is 431 g/mol. The van der Waals surface area contributed by atoms with E-state index in [9.17, 15) is 9.18 Å². The number of hydrogen-bond acceptors (Lipinski definition) is 5. The first-order valence-electron chi connectivity index (χ1n) is 9.83. The van der Waals surface area contributed by atoms with Gasteiger partial charge in [0.05, 0.1) is 16.3 Å². The van der Waals surface area contributed by atoms with Gasteiger partial charge in [0.15, 0.2) is 11.6 Å². The van der Waals surface area contributed by atoms with E-state index in [0.717, 1.165) is 22.6 Å². The van der Waals surface area contributed by atoms with Crippen LogP contribution in [-0.2, 0) is 0 Å². The second-order valence-electron chi connectivity index (χ2n) is 7.24. The SMILES string of the molecule is Cc1nn(-c2ccc(Nc3ccc(NC(=O)c4c(F)cccc4Cl)cc3)nn2)c(C)c1C. The van der Waals surface area contributed by atoms with Crippen molar-refractivity contribution in [2.24, 2.45) is 0 Å². The highest BCUT2D eigenvalue weighted by Gasteiger charge is 2.16. The lowest BCUT2D eigenvalue weighted by atomic mass is 10.2.